The zero-order chi connectivity index (χ0) is 23.4. The number of fused-ring (bicyclic) bond motifs is 1. The van der Waals surface area contributed by atoms with Gasteiger partial charge in [0.25, 0.3) is 0 Å². The lowest BCUT2D eigenvalue weighted by molar-refractivity contribution is -0.116. The second-order valence-electron chi connectivity index (χ2n) is 7.03. The molecule has 0 aliphatic rings. The summed E-state index contributed by atoms with van der Waals surface area (Å²) in [6.45, 7) is 2.40. The zero-order valence-corrected chi connectivity index (χ0v) is 19.7. The first-order valence-corrected chi connectivity index (χ1v) is 12.6. The Morgan fingerprint density at radius 1 is 1.12 bits per heavy atom. The molecule has 0 fully saturated rings. The topological polar surface area (TPSA) is 98.9 Å². The van der Waals surface area contributed by atoms with Crippen molar-refractivity contribution in [3.05, 3.63) is 66.6 Å². The summed E-state index contributed by atoms with van der Waals surface area (Å²) in [4.78, 5) is 19.3. The molecular weight excluding hydrogens is 464 g/mol. The third kappa shape index (κ3) is 5.01. The largest absolute Gasteiger partial charge is 0.497 e. The summed E-state index contributed by atoms with van der Waals surface area (Å²) >= 11 is 1.28. The molecule has 1 amide bonds. The minimum absolute atomic E-state index is 0.0394. The van der Waals surface area contributed by atoms with E-state index in [1.54, 1.807) is 24.3 Å². The number of thiazole rings is 1. The minimum atomic E-state index is -3.89. The average Bonchev–Trinajstić information content (AvgIpc) is 3.47. The van der Waals surface area contributed by atoms with Crippen LogP contribution in [0.3, 0.4) is 0 Å². The lowest BCUT2D eigenvalue weighted by Crippen LogP contribution is -2.35. The Hall–Kier alpha value is -3.37. The van der Waals surface area contributed by atoms with E-state index >= 15 is 0 Å². The molecule has 0 aliphatic heterocycles. The molecule has 0 spiro atoms. The summed E-state index contributed by atoms with van der Waals surface area (Å²) in [6, 6.07) is 14.9. The number of sulfone groups is 1. The van der Waals surface area contributed by atoms with E-state index in [2.05, 4.69) is 4.98 Å². The van der Waals surface area contributed by atoms with Crippen LogP contribution < -0.4 is 14.4 Å². The van der Waals surface area contributed by atoms with Gasteiger partial charge in [-0.3, -0.25) is 9.69 Å². The van der Waals surface area contributed by atoms with E-state index < -0.39 is 21.5 Å². The number of hydrogen-bond donors (Lipinski definition) is 0. The molecule has 2 heterocycles. The fourth-order valence-corrected chi connectivity index (χ4v) is 5.42. The third-order valence-electron chi connectivity index (χ3n) is 4.83. The molecule has 0 bridgehead atoms. The number of hydrogen-bond acceptors (Lipinski definition) is 8. The molecule has 8 nitrogen and oxygen atoms in total. The number of para-hydroxylation sites is 1. The first kappa shape index (κ1) is 22.8. The van der Waals surface area contributed by atoms with E-state index in [9.17, 15) is 13.2 Å². The summed E-state index contributed by atoms with van der Waals surface area (Å²) in [5.41, 5.74) is 0.620. The van der Waals surface area contributed by atoms with Crippen molar-refractivity contribution in [1.29, 1.82) is 0 Å². The van der Waals surface area contributed by atoms with Crippen molar-refractivity contribution in [2.75, 3.05) is 24.4 Å². The van der Waals surface area contributed by atoms with E-state index in [1.807, 2.05) is 25.1 Å². The molecule has 10 heteroatoms. The molecule has 0 radical (unpaired) electrons. The van der Waals surface area contributed by atoms with Gasteiger partial charge in [-0.1, -0.05) is 17.4 Å². The van der Waals surface area contributed by atoms with Crippen LogP contribution in [-0.4, -0.2) is 38.8 Å². The molecule has 0 saturated carbocycles. The maximum Gasteiger partial charge on any atom is 0.244 e. The highest BCUT2D eigenvalue weighted by Gasteiger charge is 2.28. The van der Waals surface area contributed by atoms with Crippen LogP contribution in [0.5, 0.6) is 11.5 Å². The summed E-state index contributed by atoms with van der Waals surface area (Å²) in [6.07, 6.45) is 1.50. The van der Waals surface area contributed by atoms with Gasteiger partial charge in [-0.2, -0.15) is 0 Å². The van der Waals surface area contributed by atoms with Gasteiger partial charge in [0.05, 0.1) is 36.1 Å². The van der Waals surface area contributed by atoms with E-state index in [-0.39, 0.29) is 11.4 Å². The van der Waals surface area contributed by atoms with Crippen molar-refractivity contribution in [2.45, 2.75) is 18.4 Å². The number of amides is 1. The number of carbonyl (C=O) groups is 1. The van der Waals surface area contributed by atoms with Gasteiger partial charge in [0, 0.05) is 0 Å². The average molecular weight is 487 g/mol. The summed E-state index contributed by atoms with van der Waals surface area (Å²) in [5, 5.41) is 0.364. The van der Waals surface area contributed by atoms with Gasteiger partial charge < -0.3 is 13.9 Å². The van der Waals surface area contributed by atoms with Crippen molar-refractivity contribution in [3.8, 4) is 11.5 Å². The van der Waals surface area contributed by atoms with Crippen LogP contribution in [0.2, 0.25) is 0 Å². The SMILES string of the molecule is CCOc1cccc2sc(N(Cc3ccco3)C(=O)CS(=O)(=O)c3ccc(OC)cc3)nc12. The Bertz CT molecular complexity index is 1350. The van der Waals surface area contributed by atoms with Crippen LogP contribution in [-0.2, 0) is 21.2 Å². The Kier molecular flexibility index (Phi) is 6.66. The van der Waals surface area contributed by atoms with Gasteiger partial charge in [-0.05, 0) is 55.5 Å². The Labute approximate surface area is 195 Å². The predicted octanol–water partition coefficient (Wildman–Crippen LogP) is 4.30. The normalized spacial score (nSPS) is 11.5. The Morgan fingerprint density at radius 2 is 1.91 bits per heavy atom. The lowest BCUT2D eigenvalue weighted by Gasteiger charge is -2.18. The first-order chi connectivity index (χ1) is 15.9. The van der Waals surface area contributed by atoms with Crippen molar-refractivity contribution in [3.63, 3.8) is 0 Å². The molecule has 2 aromatic heterocycles. The lowest BCUT2D eigenvalue weighted by atomic mass is 10.3. The quantitative estimate of drug-likeness (QED) is 0.348. The summed E-state index contributed by atoms with van der Waals surface area (Å²) in [7, 11) is -2.39. The van der Waals surface area contributed by atoms with Gasteiger partial charge in [0.15, 0.2) is 15.0 Å². The second kappa shape index (κ2) is 9.63. The molecule has 4 rings (SSSR count). The molecule has 0 unspecified atom stereocenters. The van der Waals surface area contributed by atoms with Crippen molar-refractivity contribution in [1.82, 2.24) is 4.98 Å². The summed E-state index contributed by atoms with van der Waals surface area (Å²) < 4.78 is 42.8. The number of aromatic nitrogens is 1. The standard InChI is InChI=1S/C23H22N2O6S2/c1-3-30-19-7-4-8-20-22(19)24-23(32-20)25(14-17-6-5-13-31-17)21(26)15-33(27,28)18-11-9-16(29-2)10-12-18/h4-13H,3,14-15H2,1-2H3. The molecule has 2 aromatic carbocycles. The number of anilines is 1. The summed E-state index contributed by atoms with van der Waals surface area (Å²) in [5.74, 6) is 0.315. The number of nitrogens with zero attached hydrogens (tertiary/aromatic N) is 2. The number of furan rings is 1. The molecule has 0 atom stereocenters. The highest BCUT2D eigenvalue weighted by molar-refractivity contribution is 7.92. The van der Waals surface area contributed by atoms with E-state index in [4.69, 9.17) is 13.9 Å². The molecule has 0 aliphatic carbocycles. The molecule has 0 saturated heterocycles. The van der Waals surface area contributed by atoms with E-state index in [0.29, 0.717) is 34.5 Å². The van der Waals surface area contributed by atoms with Gasteiger partial charge >= 0.3 is 0 Å². The molecule has 172 valence electrons. The minimum Gasteiger partial charge on any atom is -0.497 e. The first-order valence-electron chi connectivity index (χ1n) is 10.1. The third-order valence-corrected chi connectivity index (χ3v) is 7.49. The maximum absolute atomic E-state index is 13.3. The smallest absolute Gasteiger partial charge is 0.244 e. The van der Waals surface area contributed by atoms with Crippen molar-refractivity contribution in [2.24, 2.45) is 0 Å². The zero-order valence-electron chi connectivity index (χ0n) is 18.1. The fraction of sp³-hybridized carbons (Fsp3) is 0.217. The molecule has 33 heavy (non-hydrogen) atoms. The predicted molar refractivity (Wildman–Crippen MR) is 126 cm³/mol. The van der Waals surface area contributed by atoms with Crippen LogP contribution in [0.25, 0.3) is 10.2 Å². The number of carbonyl (C=O) groups excluding carboxylic acids is 1. The van der Waals surface area contributed by atoms with Crippen LogP contribution >= 0.6 is 11.3 Å². The Morgan fingerprint density at radius 3 is 2.58 bits per heavy atom. The van der Waals surface area contributed by atoms with Crippen LogP contribution in [0.1, 0.15) is 12.7 Å². The van der Waals surface area contributed by atoms with Gasteiger partial charge in [-0.25, -0.2) is 13.4 Å². The number of rotatable bonds is 9. The van der Waals surface area contributed by atoms with E-state index in [1.165, 1.54) is 41.7 Å². The number of benzene rings is 2. The fourth-order valence-electron chi connectivity index (χ4n) is 3.23. The molecule has 0 N–H and O–H groups in total. The number of ether oxygens (including phenoxy) is 2. The number of methoxy groups -OCH3 is 1. The maximum atomic E-state index is 13.3. The molecular formula is C23H22N2O6S2. The molecule has 4 aromatic rings. The van der Waals surface area contributed by atoms with Gasteiger partial charge in [-0.15, -0.1) is 0 Å². The van der Waals surface area contributed by atoms with Gasteiger partial charge in [0.2, 0.25) is 5.91 Å². The van der Waals surface area contributed by atoms with E-state index in [0.717, 1.165) is 4.70 Å². The van der Waals surface area contributed by atoms with Crippen LogP contribution in [0.15, 0.2) is 70.2 Å². The van der Waals surface area contributed by atoms with Crippen molar-refractivity contribution < 1.29 is 27.1 Å². The van der Waals surface area contributed by atoms with Crippen LogP contribution in [0, 0.1) is 0 Å². The Balaban J connectivity index is 1.67. The van der Waals surface area contributed by atoms with Gasteiger partial charge in [0.1, 0.15) is 28.5 Å². The highest BCUT2D eigenvalue weighted by atomic mass is 32.2. The van der Waals surface area contributed by atoms with Crippen LogP contribution in [0.4, 0.5) is 5.13 Å². The van der Waals surface area contributed by atoms with Crippen molar-refractivity contribution >= 4 is 42.4 Å². The second-order valence-corrected chi connectivity index (χ2v) is 10.0. The highest BCUT2D eigenvalue weighted by Crippen LogP contribution is 2.35. The monoisotopic (exact) mass is 486 g/mol.